The van der Waals surface area contributed by atoms with Gasteiger partial charge >= 0.3 is 0 Å². The summed E-state index contributed by atoms with van der Waals surface area (Å²) in [6.45, 7) is 2.54. The highest BCUT2D eigenvalue weighted by Crippen LogP contribution is 2.36. The molecule has 0 bridgehead atoms. The Labute approximate surface area is 170 Å². The number of carbonyl (C=O) groups excluding carboxylic acids is 2. The number of ether oxygens (including phenoxy) is 1. The fourth-order valence-electron chi connectivity index (χ4n) is 2.98. The second-order valence-electron chi connectivity index (χ2n) is 6.08. The molecule has 0 aliphatic carbocycles. The summed E-state index contributed by atoms with van der Waals surface area (Å²) >= 11 is 7.39. The molecular formula is C20H16ClN3O3S. The monoisotopic (exact) mass is 413 g/mol. The first kappa shape index (κ1) is 18.5. The van der Waals surface area contributed by atoms with Gasteiger partial charge in [0.15, 0.2) is 11.7 Å². The van der Waals surface area contributed by atoms with Crippen molar-refractivity contribution in [3.63, 3.8) is 0 Å². The normalized spacial score (nSPS) is 13.1. The van der Waals surface area contributed by atoms with Gasteiger partial charge in [0.2, 0.25) is 0 Å². The minimum Gasteiger partial charge on any atom is -0.482 e. The standard InChI is InChI=1S/C20H16ClN3O3S/c1-2-24-16-9-12(7-8-17(16)27-10-18(24)25)15-11-28-20(22-15)23-19(26)13-5-3-4-6-14(13)21/h3-9,11H,2,10H2,1H3,(H,22,23,26). The predicted octanol–water partition coefficient (Wildman–Crippen LogP) is 4.46. The SMILES string of the molecule is CCN1C(=O)COc2ccc(-c3csc(NC(=O)c4ccccc4Cl)n3)cc21. The van der Waals surface area contributed by atoms with Crippen molar-refractivity contribution >= 4 is 45.6 Å². The van der Waals surface area contributed by atoms with E-state index in [4.69, 9.17) is 16.3 Å². The van der Waals surface area contributed by atoms with Crippen LogP contribution in [0.4, 0.5) is 10.8 Å². The zero-order chi connectivity index (χ0) is 19.7. The second-order valence-corrected chi connectivity index (χ2v) is 7.35. The number of hydrogen-bond donors (Lipinski definition) is 1. The average Bonchev–Trinajstić information content (AvgIpc) is 3.16. The number of aromatic nitrogens is 1. The van der Waals surface area contributed by atoms with Crippen molar-refractivity contribution in [1.29, 1.82) is 0 Å². The summed E-state index contributed by atoms with van der Waals surface area (Å²) in [6.07, 6.45) is 0. The van der Waals surface area contributed by atoms with Crippen molar-refractivity contribution in [3.8, 4) is 17.0 Å². The number of halogens is 1. The van der Waals surface area contributed by atoms with Crippen LogP contribution in [0.2, 0.25) is 5.02 Å². The molecule has 1 aliphatic heterocycles. The van der Waals surface area contributed by atoms with Crippen LogP contribution < -0.4 is 15.0 Å². The van der Waals surface area contributed by atoms with Crippen molar-refractivity contribution in [2.75, 3.05) is 23.4 Å². The van der Waals surface area contributed by atoms with Crippen LogP contribution in [-0.4, -0.2) is 29.9 Å². The molecule has 3 aromatic rings. The summed E-state index contributed by atoms with van der Waals surface area (Å²) in [4.78, 5) is 30.6. The van der Waals surface area contributed by atoms with Gasteiger partial charge in [-0.1, -0.05) is 23.7 Å². The van der Waals surface area contributed by atoms with Gasteiger partial charge in [0.25, 0.3) is 11.8 Å². The molecule has 1 N–H and O–H groups in total. The molecule has 1 aromatic heterocycles. The lowest BCUT2D eigenvalue weighted by molar-refractivity contribution is -0.121. The van der Waals surface area contributed by atoms with E-state index in [1.54, 1.807) is 29.2 Å². The highest BCUT2D eigenvalue weighted by molar-refractivity contribution is 7.14. The smallest absolute Gasteiger partial charge is 0.265 e. The van der Waals surface area contributed by atoms with E-state index >= 15 is 0 Å². The van der Waals surface area contributed by atoms with Crippen LogP contribution in [0.5, 0.6) is 5.75 Å². The Hall–Kier alpha value is -2.90. The van der Waals surface area contributed by atoms with Crippen LogP contribution in [0.1, 0.15) is 17.3 Å². The Balaban J connectivity index is 1.58. The number of benzene rings is 2. The Morgan fingerprint density at radius 3 is 2.93 bits per heavy atom. The lowest BCUT2D eigenvalue weighted by Gasteiger charge is -2.28. The third-order valence-electron chi connectivity index (χ3n) is 4.36. The lowest BCUT2D eigenvalue weighted by atomic mass is 10.1. The first-order chi connectivity index (χ1) is 13.6. The van der Waals surface area contributed by atoms with Crippen LogP contribution in [0.3, 0.4) is 0 Å². The van der Waals surface area contributed by atoms with Gasteiger partial charge in [-0.15, -0.1) is 11.3 Å². The molecule has 0 saturated carbocycles. The van der Waals surface area contributed by atoms with E-state index in [0.717, 1.165) is 11.3 Å². The quantitative estimate of drug-likeness (QED) is 0.685. The minimum atomic E-state index is -0.312. The minimum absolute atomic E-state index is 0.0507. The van der Waals surface area contributed by atoms with E-state index in [2.05, 4.69) is 10.3 Å². The van der Waals surface area contributed by atoms with Gasteiger partial charge < -0.3 is 9.64 Å². The number of carbonyl (C=O) groups is 2. The van der Waals surface area contributed by atoms with Crippen molar-refractivity contribution in [2.24, 2.45) is 0 Å². The number of hydrogen-bond acceptors (Lipinski definition) is 5. The molecule has 2 aromatic carbocycles. The molecule has 0 fully saturated rings. The van der Waals surface area contributed by atoms with E-state index in [0.29, 0.717) is 33.7 Å². The summed E-state index contributed by atoms with van der Waals surface area (Å²) in [7, 11) is 0. The molecule has 6 nitrogen and oxygen atoms in total. The van der Waals surface area contributed by atoms with Crippen LogP contribution >= 0.6 is 22.9 Å². The average molecular weight is 414 g/mol. The van der Waals surface area contributed by atoms with Crippen LogP contribution in [0.25, 0.3) is 11.3 Å². The molecule has 0 saturated heterocycles. The first-order valence-electron chi connectivity index (χ1n) is 8.66. The summed E-state index contributed by atoms with van der Waals surface area (Å²) in [6, 6.07) is 12.4. The van der Waals surface area contributed by atoms with Crippen molar-refractivity contribution in [2.45, 2.75) is 6.92 Å². The topological polar surface area (TPSA) is 71.5 Å². The maximum absolute atomic E-state index is 12.4. The van der Waals surface area contributed by atoms with E-state index in [-0.39, 0.29) is 18.4 Å². The lowest BCUT2D eigenvalue weighted by Crippen LogP contribution is -2.38. The molecule has 1 aliphatic rings. The molecule has 28 heavy (non-hydrogen) atoms. The molecule has 142 valence electrons. The maximum atomic E-state index is 12.4. The van der Waals surface area contributed by atoms with Gasteiger partial charge in [0.1, 0.15) is 5.75 Å². The van der Waals surface area contributed by atoms with Gasteiger partial charge in [0.05, 0.1) is 22.0 Å². The summed E-state index contributed by atoms with van der Waals surface area (Å²) in [5.41, 5.74) is 2.66. The fraction of sp³-hybridized carbons (Fsp3) is 0.150. The van der Waals surface area contributed by atoms with Crippen LogP contribution in [0.15, 0.2) is 47.8 Å². The van der Waals surface area contributed by atoms with Gasteiger partial charge in [-0.3, -0.25) is 14.9 Å². The Morgan fingerprint density at radius 1 is 1.32 bits per heavy atom. The molecule has 8 heteroatoms. The highest BCUT2D eigenvalue weighted by atomic mass is 35.5. The van der Waals surface area contributed by atoms with Crippen molar-refractivity contribution in [1.82, 2.24) is 4.98 Å². The first-order valence-corrected chi connectivity index (χ1v) is 9.91. The zero-order valence-electron chi connectivity index (χ0n) is 14.9. The van der Waals surface area contributed by atoms with E-state index in [1.165, 1.54) is 11.3 Å². The number of fused-ring (bicyclic) bond motifs is 1. The number of rotatable bonds is 4. The number of likely N-dealkylation sites (N-methyl/N-ethyl adjacent to an activating group) is 1. The third-order valence-corrected chi connectivity index (χ3v) is 5.44. The van der Waals surface area contributed by atoms with Crippen LogP contribution in [0, 0.1) is 0 Å². The molecule has 0 radical (unpaired) electrons. The van der Waals surface area contributed by atoms with Gasteiger partial charge in [-0.2, -0.15) is 0 Å². The molecule has 0 spiro atoms. The summed E-state index contributed by atoms with van der Waals surface area (Å²) in [5.74, 6) is 0.291. The van der Waals surface area contributed by atoms with E-state index < -0.39 is 0 Å². The summed E-state index contributed by atoms with van der Waals surface area (Å²) < 4.78 is 5.50. The van der Waals surface area contributed by atoms with E-state index in [1.807, 2.05) is 30.5 Å². The Morgan fingerprint density at radius 2 is 2.14 bits per heavy atom. The van der Waals surface area contributed by atoms with Gasteiger partial charge in [0, 0.05) is 17.5 Å². The fourth-order valence-corrected chi connectivity index (χ4v) is 3.92. The summed E-state index contributed by atoms with van der Waals surface area (Å²) in [5, 5.41) is 5.48. The molecular weight excluding hydrogens is 398 g/mol. The van der Waals surface area contributed by atoms with E-state index in [9.17, 15) is 9.59 Å². The van der Waals surface area contributed by atoms with Crippen LogP contribution in [-0.2, 0) is 4.79 Å². The largest absolute Gasteiger partial charge is 0.482 e. The molecule has 0 unspecified atom stereocenters. The van der Waals surface area contributed by atoms with Gasteiger partial charge in [-0.05, 0) is 37.3 Å². The highest BCUT2D eigenvalue weighted by Gasteiger charge is 2.25. The number of anilines is 2. The second kappa shape index (κ2) is 7.61. The number of nitrogens with one attached hydrogen (secondary N) is 1. The predicted molar refractivity (Wildman–Crippen MR) is 110 cm³/mol. The molecule has 2 amide bonds. The van der Waals surface area contributed by atoms with Crippen molar-refractivity contribution in [3.05, 3.63) is 58.4 Å². The molecule has 0 atom stereocenters. The van der Waals surface area contributed by atoms with Crippen molar-refractivity contribution < 1.29 is 14.3 Å². The number of nitrogens with zero attached hydrogens (tertiary/aromatic N) is 2. The van der Waals surface area contributed by atoms with Gasteiger partial charge in [-0.25, -0.2) is 4.98 Å². The molecule has 2 heterocycles. The third kappa shape index (κ3) is 3.46. The zero-order valence-corrected chi connectivity index (χ0v) is 16.5. The number of thiazole rings is 1. The number of amides is 2. The Bertz CT molecular complexity index is 1070. The molecule has 4 rings (SSSR count). The maximum Gasteiger partial charge on any atom is 0.265 e. The Kier molecular flexibility index (Phi) is 5.02.